The number of benzene rings is 2. The summed E-state index contributed by atoms with van der Waals surface area (Å²) >= 11 is 11.9. The third kappa shape index (κ3) is 3.86. The van der Waals surface area contributed by atoms with Gasteiger partial charge in [-0.25, -0.2) is 0 Å². The van der Waals surface area contributed by atoms with Crippen LogP contribution in [0.2, 0.25) is 10.0 Å². The van der Waals surface area contributed by atoms with Crippen LogP contribution in [0, 0.1) is 0 Å². The molecule has 0 atom stereocenters. The number of carbonyl (C=O) groups is 1. The van der Waals surface area contributed by atoms with E-state index in [1.165, 1.54) is 6.08 Å². The summed E-state index contributed by atoms with van der Waals surface area (Å²) in [4.78, 5) is 10.5. The molecule has 0 aliphatic rings. The normalized spacial score (nSPS) is 10.9. The van der Waals surface area contributed by atoms with Crippen LogP contribution in [0.5, 0.6) is 0 Å². The Balaban J connectivity index is 2.29. The first kappa shape index (κ1) is 14.6. The monoisotopic (exact) mass is 305 g/mol. The maximum atomic E-state index is 10.5. The highest BCUT2D eigenvalue weighted by Crippen LogP contribution is 2.24. The molecule has 102 valence electrons. The Morgan fingerprint density at radius 3 is 2.55 bits per heavy atom. The van der Waals surface area contributed by atoms with Crippen molar-refractivity contribution in [3.05, 3.63) is 75.3 Å². The predicted octanol–water partition coefficient (Wildman–Crippen LogP) is 3.35. The number of hydrogen-bond acceptors (Lipinski definition) is 2. The van der Waals surface area contributed by atoms with E-state index in [9.17, 15) is 9.90 Å². The fourth-order valence-electron chi connectivity index (χ4n) is 1.89. The molecule has 2 aromatic rings. The van der Waals surface area contributed by atoms with Crippen molar-refractivity contribution in [3.63, 3.8) is 0 Å². The average molecular weight is 306 g/mol. The third-order valence-electron chi connectivity index (χ3n) is 2.83. The SMILES string of the molecule is O=C([O-])/C=C/c1ccccc1Cc1ccc(Cl)c(Cl)c1. The highest BCUT2D eigenvalue weighted by atomic mass is 35.5. The van der Waals surface area contributed by atoms with E-state index in [0.717, 1.165) is 22.8 Å². The maximum absolute atomic E-state index is 10.5. The zero-order chi connectivity index (χ0) is 14.5. The van der Waals surface area contributed by atoms with E-state index in [1.807, 2.05) is 36.4 Å². The molecule has 0 aliphatic carbocycles. The van der Waals surface area contributed by atoms with Crippen LogP contribution in [0.1, 0.15) is 16.7 Å². The molecule has 0 fully saturated rings. The van der Waals surface area contributed by atoms with Gasteiger partial charge < -0.3 is 9.90 Å². The first-order chi connectivity index (χ1) is 9.56. The summed E-state index contributed by atoms with van der Waals surface area (Å²) in [6, 6.07) is 13.0. The number of carboxylic acid groups (broad SMARTS) is 1. The zero-order valence-electron chi connectivity index (χ0n) is 10.5. The zero-order valence-corrected chi connectivity index (χ0v) is 12.0. The van der Waals surface area contributed by atoms with Gasteiger partial charge in [0.15, 0.2) is 0 Å². The van der Waals surface area contributed by atoms with Crippen molar-refractivity contribution >= 4 is 35.2 Å². The second kappa shape index (κ2) is 6.60. The van der Waals surface area contributed by atoms with E-state index in [4.69, 9.17) is 23.2 Å². The van der Waals surface area contributed by atoms with Gasteiger partial charge in [-0.15, -0.1) is 0 Å². The maximum Gasteiger partial charge on any atom is 0.0643 e. The molecule has 2 aromatic carbocycles. The molecule has 4 heteroatoms. The number of hydrogen-bond donors (Lipinski definition) is 0. The smallest absolute Gasteiger partial charge is 0.0643 e. The molecule has 0 heterocycles. The Morgan fingerprint density at radius 1 is 1.10 bits per heavy atom. The second-order valence-corrected chi connectivity index (χ2v) is 5.09. The lowest BCUT2D eigenvalue weighted by molar-refractivity contribution is -0.297. The van der Waals surface area contributed by atoms with Gasteiger partial charge in [0.25, 0.3) is 0 Å². The van der Waals surface area contributed by atoms with Crippen molar-refractivity contribution in [2.24, 2.45) is 0 Å². The molecular formula is C16H11Cl2O2-. The molecule has 0 saturated heterocycles. The molecule has 0 aliphatic heterocycles. The number of rotatable bonds is 4. The lowest BCUT2D eigenvalue weighted by Gasteiger charge is -2.07. The van der Waals surface area contributed by atoms with Gasteiger partial charge in [-0.3, -0.25) is 0 Å². The molecule has 2 rings (SSSR count). The molecule has 0 aromatic heterocycles. The summed E-state index contributed by atoms with van der Waals surface area (Å²) in [5.74, 6) is -1.21. The largest absolute Gasteiger partial charge is 0.545 e. The van der Waals surface area contributed by atoms with E-state index >= 15 is 0 Å². The van der Waals surface area contributed by atoms with E-state index in [0.29, 0.717) is 16.5 Å². The summed E-state index contributed by atoms with van der Waals surface area (Å²) < 4.78 is 0. The van der Waals surface area contributed by atoms with Crippen molar-refractivity contribution < 1.29 is 9.90 Å². The highest BCUT2D eigenvalue weighted by Gasteiger charge is 2.03. The lowest BCUT2D eigenvalue weighted by Crippen LogP contribution is -2.18. The van der Waals surface area contributed by atoms with E-state index in [1.54, 1.807) is 6.07 Å². The summed E-state index contributed by atoms with van der Waals surface area (Å²) in [5.41, 5.74) is 2.85. The third-order valence-corrected chi connectivity index (χ3v) is 3.57. The summed E-state index contributed by atoms with van der Waals surface area (Å²) in [5, 5.41) is 11.5. The fraction of sp³-hybridized carbons (Fsp3) is 0.0625. The summed E-state index contributed by atoms with van der Waals surface area (Å²) in [7, 11) is 0. The van der Waals surface area contributed by atoms with Gasteiger partial charge in [0, 0.05) is 0 Å². The first-order valence-corrected chi connectivity index (χ1v) is 6.73. The van der Waals surface area contributed by atoms with Crippen LogP contribution in [0.25, 0.3) is 6.08 Å². The fourth-order valence-corrected chi connectivity index (χ4v) is 2.21. The molecule has 0 amide bonds. The second-order valence-electron chi connectivity index (χ2n) is 4.28. The summed E-state index contributed by atoms with van der Waals surface area (Å²) in [6.07, 6.45) is 3.19. The molecule has 2 nitrogen and oxygen atoms in total. The number of carboxylic acids is 1. The topological polar surface area (TPSA) is 40.1 Å². The molecule has 0 saturated carbocycles. The number of halogens is 2. The lowest BCUT2D eigenvalue weighted by atomic mass is 9.99. The standard InChI is InChI=1S/C16H12Cl2O2/c17-14-7-5-11(10-15(14)18)9-13-4-2-1-3-12(13)6-8-16(19)20/h1-8,10H,9H2,(H,19,20)/p-1/b8-6+. The van der Waals surface area contributed by atoms with Crippen molar-refractivity contribution in [1.82, 2.24) is 0 Å². The number of carbonyl (C=O) groups excluding carboxylic acids is 1. The average Bonchev–Trinajstić information content (AvgIpc) is 2.42. The van der Waals surface area contributed by atoms with Gasteiger partial charge in [-0.2, -0.15) is 0 Å². The van der Waals surface area contributed by atoms with Crippen LogP contribution in [0.3, 0.4) is 0 Å². The molecule has 20 heavy (non-hydrogen) atoms. The Bertz CT molecular complexity index is 663. The number of aliphatic carboxylic acids is 1. The van der Waals surface area contributed by atoms with Gasteiger partial charge in [-0.05, 0) is 41.3 Å². The molecule has 0 unspecified atom stereocenters. The molecule has 0 spiro atoms. The molecule has 0 bridgehead atoms. The van der Waals surface area contributed by atoms with Crippen LogP contribution >= 0.6 is 23.2 Å². The Labute approximate surface area is 127 Å². The van der Waals surface area contributed by atoms with Gasteiger partial charge >= 0.3 is 0 Å². The first-order valence-electron chi connectivity index (χ1n) is 5.97. The van der Waals surface area contributed by atoms with Gasteiger partial charge in [0.1, 0.15) is 0 Å². The van der Waals surface area contributed by atoms with Gasteiger partial charge in [0.2, 0.25) is 0 Å². The minimum absolute atomic E-state index is 0.506. The van der Waals surface area contributed by atoms with Crippen molar-refractivity contribution in [2.75, 3.05) is 0 Å². The minimum Gasteiger partial charge on any atom is -0.545 e. The quantitative estimate of drug-likeness (QED) is 0.813. The van der Waals surface area contributed by atoms with Crippen molar-refractivity contribution in [2.45, 2.75) is 6.42 Å². The van der Waals surface area contributed by atoms with Crippen LogP contribution in [0.15, 0.2) is 48.5 Å². The Morgan fingerprint density at radius 2 is 1.85 bits per heavy atom. The molecule has 0 radical (unpaired) electrons. The van der Waals surface area contributed by atoms with Crippen molar-refractivity contribution in [3.8, 4) is 0 Å². The minimum atomic E-state index is -1.21. The molecular weight excluding hydrogens is 295 g/mol. The van der Waals surface area contributed by atoms with Crippen LogP contribution < -0.4 is 5.11 Å². The summed E-state index contributed by atoms with van der Waals surface area (Å²) in [6.45, 7) is 0. The van der Waals surface area contributed by atoms with Gasteiger partial charge in [-0.1, -0.05) is 59.6 Å². The predicted molar refractivity (Wildman–Crippen MR) is 79.8 cm³/mol. The van der Waals surface area contributed by atoms with E-state index < -0.39 is 5.97 Å². The van der Waals surface area contributed by atoms with E-state index in [2.05, 4.69) is 0 Å². The Hall–Kier alpha value is -1.77. The van der Waals surface area contributed by atoms with Crippen molar-refractivity contribution in [1.29, 1.82) is 0 Å². The highest BCUT2D eigenvalue weighted by molar-refractivity contribution is 6.42. The molecule has 0 N–H and O–H groups in total. The van der Waals surface area contributed by atoms with Crippen LogP contribution in [0.4, 0.5) is 0 Å². The Kier molecular flexibility index (Phi) is 4.83. The van der Waals surface area contributed by atoms with Crippen LogP contribution in [-0.4, -0.2) is 5.97 Å². The van der Waals surface area contributed by atoms with E-state index in [-0.39, 0.29) is 0 Å². The van der Waals surface area contributed by atoms with Gasteiger partial charge in [0.05, 0.1) is 16.0 Å². The van der Waals surface area contributed by atoms with Crippen LogP contribution in [-0.2, 0) is 11.2 Å².